The monoisotopic (exact) mass is 411 g/mol. The smallest absolute Gasteiger partial charge is 0.270 e. The number of phenolic OH excluding ortho intramolecular Hbond substituents is 1. The summed E-state index contributed by atoms with van der Waals surface area (Å²) in [4.78, 5) is 19.2. The van der Waals surface area contributed by atoms with Crippen LogP contribution in [0.25, 0.3) is 22.0 Å². The second-order valence-electron chi connectivity index (χ2n) is 6.57. The molecule has 4 aromatic rings. The van der Waals surface area contributed by atoms with Crippen LogP contribution < -0.4 is 15.7 Å². The molecule has 1 aromatic heterocycles. The Morgan fingerprint density at radius 2 is 1.97 bits per heavy atom. The molecule has 0 aliphatic rings. The average molecular weight is 411 g/mol. The summed E-state index contributed by atoms with van der Waals surface area (Å²) in [5, 5.41) is 25.4. The summed E-state index contributed by atoms with van der Waals surface area (Å²) in [5.74, 6) is 0.750. The molecule has 31 heavy (non-hydrogen) atoms. The van der Waals surface area contributed by atoms with E-state index < -0.39 is 5.56 Å². The summed E-state index contributed by atoms with van der Waals surface area (Å²) in [6.07, 6.45) is 1.43. The highest BCUT2D eigenvalue weighted by Gasteiger charge is 2.13. The van der Waals surface area contributed by atoms with Gasteiger partial charge in [-0.2, -0.15) is 10.4 Å². The van der Waals surface area contributed by atoms with Crippen molar-refractivity contribution in [2.75, 3.05) is 12.5 Å². The molecule has 0 fully saturated rings. The van der Waals surface area contributed by atoms with Crippen molar-refractivity contribution >= 4 is 22.9 Å². The molecule has 0 amide bonds. The van der Waals surface area contributed by atoms with E-state index in [-0.39, 0.29) is 23.0 Å². The average Bonchev–Trinajstić information content (AvgIpc) is 2.80. The quantitative estimate of drug-likeness (QED) is 0.340. The van der Waals surface area contributed by atoms with E-state index in [1.54, 1.807) is 49.6 Å². The molecular weight excluding hydrogens is 394 g/mol. The maximum absolute atomic E-state index is 12.3. The van der Waals surface area contributed by atoms with Crippen LogP contribution in [0, 0.1) is 11.3 Å². The third-order valence-electron chi connectivity index (χ3n) is 4.69. The van der Waals surface area contributed by atoms with Crippen LogP contribution in [0.3, 0.4) is 0 Å². The third-order valence-corrected chi connectivity index (χ3v) is 4.69. The number of benzene rings is 3. The van der Waals surface area contributed by atoms with Gasteiger partial charge >= 0.3 is 0 Å². The van der Waals surface area contributed by atoms with Gasteiger partial charge in [-0.05, 0) is 29.0 Å². The number of anilines is 1. The number of nitriles is 1. The Hall–Kier alpha value is -4.64. The number of ether oxygens (including phenoxy) is 1. The SMILES string of the molecule is COc1ccc2ccc(O)c(C=NNc3nc(-c4ccccc4)c(C#N)c(=O)[nH]3)c2c1. The van der Waals surface area contributed by atoms with Crippen LogP contribution in [0.5, 0.6) is 11.5 Å². The van der Waals surface area contributed by atoms with E-state index in [9.17, 15) is 15.2 Å². The molecule has 3 N–H and O–H groups in total. The number of fused-ring (bicyclic) bond motifs is 1. The van der Waals surface area contributed by atoms with Crippen molar-refractivity contribution in [2.45, 2.75) is 0 Å². The van der Waals surface area contributed by atoms with Crippen molar-refractivity contribution in [1.82, 2.24) is 9.97 Å². The molecule has 0 unspecified atom stereocenters. The Balaban J connectivity index is 1.71. The highest BCUT2D eigenvalue weighted by Crippen LogP contribution is 2.29. The molecule has 0 spiro atoms. The lowest BCUT2D eigenvalue weighted by Crippen LogP contribution is -2.16. The number of hydrazone groups is 1. The van der Waals surface area contributed by atoms with E-state index >= 15 is 0 Å². The summed E-state index contributed by atoms with van der Waals surface area (Å²) in [5.41, 5.74) is 3.37. The zero-order chi connectivity index (χ0) is 21.8. The van der Waals surface area contributed by atoms with E-state index in [4.69, 9.17) is 4.74 Å². The number of hydrogen-bond donors (Lipinski definition) is 3. The predicted molar refractivity (Wildman–Crippen MR) is 118 cm³/mol. The Bertz CT molecular complexity index is 1390. The molecule has 3 aromatic carbocycles. The lowest BCUT2D eigenvalue weighted by atomic mass is 10.0. The Kier molecular flexibility index (Phi) is 5.32. The fraction of sp³-hybridized carbons (Fsp3) is 0.0435. The zero-order valence-corrected chi connectivity index (χ0v) is 16.5. The third kappa shape index (κ3) is 3.93. The number of aromatic hydroxyl groups is 1. The molecule has 4 rings (SSSR count). The normalized spacial score (nSPS) is 10.8. The molecule has 0 aliphatic carbocycles. The van der Waals surface area contributed by atoms with Gasteiger partial charge in [-0.1, -0.05) is 42.5 Å². The first kappa shape index (κ1) is 19.7. The fourth-order valence-electron chi connectivity index (χ4n) is 3.17. The lowest BCUT2D eigenvalue weighted by Gasteiger charge is -2.08. The number of rotatable bonds is 5. The standard InChI is InChI=1S/C23H17N5O3/c1-31-16-9-7-14-8-10-20(29)19(17(14)11-16)13-25-28-23-26-21(15-5-3-2-4-6-15)18(12-24)22(30)27-23/h2-11,13,29H,1H3,(H2,26,27,28,30). The molecule has 8 nitrogen and oxygen atoms in total. The molecule has 152 valence electrons. The first-order chi connectivity index (χ1) is 15.1. The second-order valence-corrected chi connectivity index (χ2v) is 6.57. The van der Waals surface area contributed by atoms with Gasteiger partial charge in [0.1, 0.15) is 23.1 Å². The molecule has 0 saturated heterocycles. The van der Waals surface area contributed by atoms with Crippen LogP contribution >= 0.6 is 0 Å². The molecule has 0 saturated carbocycles. The van der Waals surface area contributed by atoms with Gasteiger partial charge < -0.3 is 9.84 Å². The molecule has 8 heteroatoms. The molecule has 0 aliphatic heterocycles. The molecule has 0 bridgehead atoms. The number of phenols is 1. The van der Waals surface area contributed by atoms with Gasteiger partial charge in [0.05, 0.1) is 19.0 Å². The number of H-pyrrole nitrogens is 1. The number of nitrogens with one attached hydrogen (secondary N) is 2. The van der Waals surface area contributed by atoms with Crippen molar-refractivity contribution in [2.24, 2.45) is 5.10 Å². The Morgan fingerprint density at radius 3 is 2.71 bits per heavy atom. The number of hydrogen-bond acceptors (Lipinski definition) is 7. The maximum Gasteiger partial charge on any atom is 0.270 e. The van der Waals surface area contributed by atoms with Gasteiger partial charge in [0.15, 0.2) is 0 Å². The van der Waals surface area contributed by atoms with E-state index in [2.05, 4.69) is 20.5 Å². The Morgan fingerprint density at radius 1 is 1.19 bits per heavy atom. The summed E-state index contributed by atoms with van der Waals surface area (Å²) in [6.45, 7) is 0. The minimum Gasteiger partial charge on any atom is -0.507 e. The van der Waals surface area contributed by atoms with E-state index in [1.807, 2.05) is 24.3 Å². The minimum absolute atomic E-state index is 0.0394. The first-order valence-corrected chi connectivity index (χ1v) is 9.29. The summed E-state index contributed by atoms with van der Waals surface area (Å²) < 4.78 is 5.26. The van der Waals surface area contributed by atoms with Crippen LogP contribution in [0.1, 0.15) is 11.1 Å². The topological polar surface area (TPSA) is 123 Å². The molecule has 0 atom stereocenters. The van der Waals surface area contributed by atoms with E-state index in [1.165, 1.54) is 6.21 Å². The summed E-state index contributed by atoms with van der Waals surface area (Å²) in [6, 6.07) is 19.7. The maximum atomic E-state index is 12.3. The summed E-state index contributed by atoms with van der Waals surface area (Å²) in [7, 11) is 1.57. The van der Waals surface area contributed by atoms with Gasteiger partial charge in [-0.25, -0.2) is 10.4 Å². The molecule has 0 radical (unpaired) electrons. The molecule has 1 heterocycles. The van der Waals surface area contributed by atoms with Gasteiger partial charge in [-0.3, -0.25) is 9.78 Å². The van der Waals surface area contributed by atoms with Crippen LogP contribution in [0.15, 0.2) is 70.6 Å². The van der Waals surface area contributed by atoms with Crippen LogP contribution in [-0.2, 0) is 0 Å². The zero-order valence-electron chi connectivity index (χ0n) is 16.5. The van der Waals surface area contributed by atoms with Gasteiger partial charge in [-0.15, -0.1) is 0 Å². The minimum atomic E-state index is -0.577. The van der Waals surface area contributed by atoms with Crippen molar-refractivity contribution in [3.8, 4) is 28.8 Å². The van der Waals surface area contributed by atoms with Crippen LogP contribution in [0.2, 0.25) is 0 Å². The van der Waals surface area contributed by atoms with Crippen molar-refractivity contribution < 1.29 is 9.84 Å². The van der Waals surface area contributed by atoms with Crippen molar-refractivity contribution in [1.29, 1.82) is 5.26 Å². The highest BCUT2D eigenvalue weighted by molar-refractivity contribution is 6.03. The first-order valence-electron chi connectivity index (χ1n) is 9.29. The fourth-order valence-corrected chi connectivity index (χ4v) is 3.17. The van der Waals surface area contributed by atoms with Crippen molar-refractivity contribution in [3.05, 3.63) is 82.1 Å². The Labute approximate surface area is 177 Å². The summed E-state index contributed by atoms with van der Waals surface area (Å²) >= 11 is 0. The van der Waals surface area contributed by atoms with Gasteiger partial charge in [0.25, 0.3) is 5.56 Å². The second kappa shape index (κ2) is 8.39. The van der Waals surface area contributed by atoms with E-state index in [0.29, 0.717) is 16.9 Å². The van der Waals surface area contributed by atoms with Gasteiger partial charge in [0.2, 0.25) is 5.95 Å². The number of nitrogens with zero attached hydrogens (tertiary/aromatic N) is 3. The van der Waals surface area contributed by atoms with Crippen LogP contribution in [0.4, 0.5) is 5.95 Å². The number of methoxy groups -OCH3 is 1. The van der Waals surface area contributed by atoms with Crippen LogP contribution in [-0.4, -0.2) is 28.4 Å². The number of aromatic amines is 1. The largest absolute Gasteiger partial charge is 0.507 e. The molecular formula is C23H17N5O3. The van der Waals surface area contributed by atoms with E-state index in [0.717, 1.165) is 10.8 Å². The lowest BCUT2D eigenvalue weighted by molar-refractivity contribution is 0.415. The highest BCUT2D eigenvalue weighted by atomic mass is 16.5. The van der Waals surface area contributed by atoms with Gasteiger partial charge in [0, 0.05) is 11.1 Å². The van der Waals surface area contributed by atoms with Crippen molar-refractivity contribution in [3.63, 3.8) is 0 Å². The predicted octanol–water partition coefficient (Wildman–Crippen LogP) is 3.62. The number of aromatic nitrogens is 2.